The number of hydrogen-bond acceptors (Lipinski definition) is 1. The van der Waals surface area contributed by atoms with Gasteiger partial charge in [0.25, 0.3) is 0 Å². The highest BCUT2D eigenvalue weighted by Gasteiger charge is 2.18. The Labute approximate surface area is 295 Å². The molecule has 8 aromatic carbocycles. The number of aryl methyl sites for hydroxylation is 1. The van der Waals surface area contributed by atoms with E-state index >= 15 is 0 Å². The lowest BCUT2D eigenvalue weighted by Crippen LogP contribution is -2.00. The van der Waals surface area contributed by atoms with Crippen molar-refractivity contribution in [3.8, 4) is 39.1 Å². The number of benzene rings is 8. The Morgan fingerprint density at radius 3 is 2.00 bits per heavy atom. The molecule has 9 aromatic rings. The molecule has 0 saturated carbocycles. The van der Waals surface area contributed by atoms with Crippen LogP contribution < -0.4 is 0 Å². The predicted octanol–water partition coefficient (Wildman–Crippen LogP) is 12.0. The van der Waals surface area contributed by atoms with Gasteiger partial charge in [-0.15, -0.1) is 0 Å². The highest BCUT2D eigenvalue weighted by Crippen LogP contribution is 2.45. The number of fused-ring (bicyclic) bond motifs is 4. The summed E-state index contributed by atoms with van der Waals surface area (Å²) in [6.45, 7) is -3.00. The first-order chi connectivity index (χ1) is 29.3. The van der Waals surface area contributed by atoms with Crippen LogP contribution in [0.2, 0.25) is 0 Å². The van der Waals surface area contributed by atoms with Gasteiger partial charge in [-0.3, -0.25) is 4.57 Å². The van der Waals surface area contributed by atoms with Crippen LogP contribution in [0.5, 0.6) is 0 Å². The quantitative estimate of drug-likeness (QED) is 0.176. The molecular formula is C45H32N2. The molecule has 0 unspecified atom stereocenters. The third-order valence-electron chi connectivity index (χ3n) is 8.61. The summed E-state index contributed by atoms with van der Waals surface area (Å²) in [5, 5.41) is 3.77. The molecule has 2 heteroatoms. The second-order valence-electron chi connectivity index (χ2n) is 11.2. The van der Waals surface area contributed by atoms with Crippen molar-refractivity contribution >= 4 is 43.4 Å². The molecule has 2 nitrogen and oxygen atoms in total. The van der Waals surface area contributed by atoms with E-state index in [4.69, 9.17) is 20.6 Å². The van der Waals surface area contributed by atoms with Crippen LogP contribution in [-0.2, 0) is 6.37 Å². The smallest absolute Gasteiger partial charge is 0.114 e. The topological polar surface area (TPSA) is 17.8 Å². The number of aromatic nitrogens is 2. The van der Waals surface area contributed by atoms with Crippen LogP contribution in [0.1, 0.15) is 33.2 Å². The van der Waals surface area contributed by atoms with Crippen molar-refractivity contribution in [2.24, 2.45) is 0 Å². The number of nitrogens with zero attached hydrogens (tertiary/aromatic N) is 2. The lowest BCUT2D eigenvalue weighted by atomic mass is 9.84. The van der Waals surface area contributed by atoms with Gasteiger partial charge in [-0.1, -0.05) is 134 Å². The first-order valence-corrected chi connectivity index (χ1v) is 15.0. The van der Waals surface area contributed by atoms with E-state index in [1.54, 1.807) is 60.7 Å². The zero-order chi connectivity index (χ0) is 44.3. The molecule has 0 saturated heterocycles. The van der Waals surface area contributed by atoms with Gasteiger partial charge in [-0.25, -0.2) is 4.98 Å². The summed E-state index contributed by atoms with van der Waals surface area (Å²) in [6.07, 6.45) is -2.78. The van der Waals surface area contributed by atoms with Crippen LogP contribution in [0.15, 0.2) is 164 Å². The maximum absolute atomic E-state index is 9.03. The van der Waals surface area contributed by atoms with Gasteiger partial charge in [0.2, 0.25) is 0 Å². The largest absolute Gasteiger partial charge is 0.296 e. The summed E-state index contributed by atoms with van der Waals surface area (Å²) in [5.74, 6) is -0.255. The van der Waals surface area contributed by atoms with Gasteiger partial charge in [-0.2, -0.15) is 0 Å². The van der Waals surface area contributed by atoms with Crippen LogP contribution in [0.4, 0.5) is 0 Å². The van der Waals surface area contributed by atoms with E-state index in [0.29, 0.717) is 43.8 Å². The standard InChI is InChI=1S/C45H32N2/c1-2-43-46-41-19-11-12-20-42(41)47(43)36-25-23-32-27-35(22-21-33(32)28-36)45-38-18-10-9-17-37(38)44(31-15-7-4-8-16-31)40-29-34(24-26-39(40)45)30-13-5-3-6-14-30/h3-29H,2H2,1H3/i1D3,2D2,3D,4D,5D,6D,7D,8D,13D,14D,15D,16D. The normalized spacial score (nSPS) is 16.7. The van der Waals surface area contributed by atoms with E-state index in [-0.39, 0.29) is 22.5 Å². The summed E-state index contributed by atoms with van der Waals surface area (Å²) in [4.78, 5) is 4.45. The molecule has 0 amide bonds. The van der Waals surface area contributed by atoms with Crippen molar-refractivity contribution in [2.45, 2.75) is 13.2 Å². The molecule has 0 aliphatic rings. The minimum absolute atomic E-state index is 0.0535. The molecule has 9 rings (SSSR count). The number of para-hydroxylation sites is 2. The monoisotopic (exact) mass is 615 g/mol. The lowest BCUT2D eigenvalue weighted by molar-refractivity contribution is 0.909. The van der Waals surface area contributed by atoms with E-state index in [1.807, 2.05) is 42.5 Å². The fourth-order valence-electron chi connectivity index (χ4n) is 6.58. The van der Waals surface area contributed by atoms with Gasteiger partial charge in [-0.05, 0) is 102 Å². The highest BCUT2D eigenvalue weighted by molar-refractivity contribution is 6.22. The van der Waals surface area contributed by atoms with Gasteiger partial charge >= 0.3 is 0 Å². The highest BCUT2D eigenvalue weighted by atomic mass is 15.1. The number of imidazole rings is 1. The van der Waals surface area contributed by atoms with E-state index in [0.717, 1.165) is 21.9 Å². The summed E-state index contributed by atoms with van der Waals surface area (Å²) in [6, 6.07) is 25.6. The first-order valence-electron chi connectivity index (χ1n) is 22.5. The maximum atomic E-state index is 9.03. The molecule has 47 heavy (non-hydrogen) atoms. The average Bonchev–Trinajstić information content (AvgIpc) is 3.66. The number of rotatable bonds is 5. The van der Waals surface area contributed by atoms with Crippen LogP contribution >= 0.6 is 0 Å². The zero-order valence-electron chi connectivity index (χ0n) is 39.7. The number of hydrogen-bond donors (Lipinski definition) is 0. The van der Waals surface area contributed by atoms with Gasteiger partial charge < -0.3 is 0 Å². The fourth-order valence-corrected chi connectivity index (χ4v) is 6.58. The van der Waals surface area contributed by atoms with Crippen molar-refractivity contribution in [3.63, 3.8) is 0 Å². The van der Waals surface area contributed by atoms with Gasteiger partial charge in [0.05, 0.1) is 24.7 Å². The lowest BCUT2D eigenvalue weighted by Gasteiger charge is -2.19. The van der Waals surface area contributed by atoms with E-state index in [2.05, 4.69) is 4.98 Å². The van der Waals surface area contributed by atoms with Crippen molar-refractivity contribution in [1.82, 2.24) is 9.55 Å². The molecule has 222 valence electrons. The molecule has 0 fully saturated rings. The SMILES string of the molecule is [2H]c1c([2H])c([2H])c(-c2ccc3c(-c4ccc5cc(-n6c(C([2H])([2H])C([2H])([2H])[2H])nc7ccccc76)ccc5c4)c4ccccc4c(-c4c([2H])c([2H])c([2H])c([2H])c4[2H])c3c2)c([2H])c1[2H]. The minimum atomic E-state index is -3.00. The molecule has 0 bridgehead atoms. The first kappa shape index (κ1) is 16.0. The van der Waals surface area contributed by atoms with Crippen molar-refractivity contribution in [3.05, 3.63) is 169 Å². The summed E-state index contributed by atoms with van der Waals surface area (Å²) in [7, 11) is 0. The molecule has 0 N–H and O–H groups in total. The van der Waals surface area contributed by atoms with Gasteiger partial charge in [0.1, 0.15) is 5.82 Å². The average molecular weight is 616 g/mol. The Balaban J connectivity index is 1.33. The Morgan fingerprint density at radius 2 is 1.21 bits per heavy atom. The Bertz CT molecular complexity index is 3330. The molecule has 0 atom stereocenters. The Kier molecular flexibility index (Phi) is 3.79. The van der Waals surface area contributed by atoms with E-state index in [1.165, 1.54) is 4.57 Å². The summed E-state index contributed by atoms with van der Waals surface area (Å²) in [5.41, 5.74) is 3.41. The van der Waals surface area contributed by atoms with Crippen LogP contribution in [0.3, 0.4) is 0 Å². The zero-order valence-corrected chi connectivity index (χ0v) is 24.7. The van der Waals surface area contributed by atoms with Gasteiger partial charge in [0.15, 0.2) is 0 Å². The minimum Gasteiger partial charge on any atom is -0.296 e. The van der Waals surface area contributed by atoms with Crippen LogP contribution in [-0.4, -0.2) is 9.55 Å². The second kappa shape index (κ2) is 11.1. The molecule has 0 aliphatic heterocycles. The molecule has 0 spiro atoms. The van der Waals surface area contributed by atoms with Crippen LogP contribution in [0, 0.1) is 0 Å². The van der Waals surface area contributed by atoms with Gasteiger partial charge in [0, 0.05) is 18.9 Å². The molecule has 1 aromatic heterocycles. The fraction of sp³-hybridized carbons (Fsp3) is 0.0444. The molecule has 0 aliphatic carbocycles. The molecular weight excluding hydrogens is 569 g/mol. The molecule has 0 radical (unpaired) electrons. The Hall–Kier alpha value is -5.99. The third-order valence-corrected chi connectivity index (χ3v) is 8.61. The summed E-state index contributed by atoms with van der Waals surface area (Å²) >= 11 is 0. The Morgan fingerprint density at radius 1 is 0.574 bits per heavy atom. The van der Waals surface area contributed by atoms with Crippen LogP contribution in [0.25, 0.3) is 82.4 Å². The van der Waals surface area contributed by atoms with Crippen molar-refractivity contribution in [2.75, 3.05) is 0 Å². The second-order valence-corrected chi connectivity index (χ2v) is 11.2. The summed E-state index contributed by atoms with van der Waals surface area (Å²) < 4.78 is 129. The van der Waals surface area contributed by atoms with E-state index in [9.17, 15) is 0 Å². The third kappa shape index (κ3) is 4.53. The predicted molar refractivity (Wildman–Crippen MR) is 199 cm³/mol. The van der Waals surface area contributed by atoms with E-state index < -0.39 is 73.6 Å². The molecule has 1 heterocycles. The maximum Gasteiger partial charge on any atom is 0.114 e. The van der Waals surface area contributed by atoms with Crippen molar-refractivity contribution < 1.29 is 20.6 Å². The van der Waals surface area contributed by atoms with Crippen molar-refractivity contribution in [1.29, 1.82) is 0 Å².